The summed E-state index contributed by atoms with van der Waals surface area (Å²) < 4.78 is 54.6. The molecule has 14 heteroatoms. The molecule has 0 unspecified atom stereocenters. The van der Waals surface area contributed by atoms with E-state index in [2.05, 4.69) is 36.9 Å². The van der Waals surface area contributed by atoms with Crippen molar-refractivity contribution in [3.63, 3.8) is 0 Å². The van der Waals surface area contributed by atoms with E-state index in [0.717, 1.165) is 6.42 Å². The molecular weight excluding hydrogens is 471 g/mol. The van der Waals surface area contributed by atoms with E-state index < -0.39 is 17.7 Å². The topological polar surface area (TPSA) is 157 Å². The van der Waals surface area contributed by atoms with Gasteiger partial charge in [0.05, 0.1) is 12.8 Å². The highest BCUT2D eigenvalue weighted by atomic mass is 19.4. The number of nitrogens with zero attached hydrogens (tertiary/aromatic N) is 5. The lowest BCUT2D eigenvalue weighted by atomic mass is 10.1. The van der Waals surface area contributed by atoms with E-state index in [-0.39, 0.29) is 22.7 Å². The summed E-state index contributed by atoms with van der Waals surface area (Å²) in [6.07, 6.45) is -2.23. The lowest BCUT2D eigenvalue weighted by molar-refractivity contribution is -0.207. The molecule has 3 aromatic heterocycles. The van der Waals surface area contributed by atoms with E-state index in [4.69, 9.17) is 20.8 Å². The number of unbranched alkanes of at least 4 members (excludes halogenated alkanes) is 1. The first-order valence-corrected chi connectivity index (χ1v) is 10.6. The van der Waals surface area contributed by atoms with Crippen LogP contribution in [0.15, 0.2) is 10.8 Å². The van der Waals surface area contributed by atoms with Crippen molar-refractivity contribution in [2.75, 3.05) is 18.9 Å². The Hall–Kier alpha value is -3.86. The standard InChI is InChI=1S/C21H24F3N7O4/c1-4-31-16-13(33-10-6-5-9-25)11-27-12(7-8-20(2,3)34-19(32)21(22,23)24)14(16)28-18(31)15-17(26)30-35-29-15/h11H,4-6,9-10,25H2,1-3H3,(H2,26,30). The molecule has 0 saturated carbocycles. The molecule has 188 valence electrons. The van der Waals surface area contributed by atoms with Crippen LogP contribution in [-0.2, 0) is 16.1 Å². The largest absolute Gasteiger partial charge is 0.490 e. The maximum atomic E-state index is 12.6. The summed E-state index contributed by atoms with van der Waals surface area (Å²) >= 11 is 0. The van der Waals surface area contributed by atoms with E-state index in [9.17, 15) is 18.0 Å². The zero-order chi connectivity index (χ0) is 25.8. The molecule has 0 aliphatic heterocycles. The molecule has 0 aromatic carbocycles. The Balaban J connectivity index is 2.10. The molecule has 4 N–H and O–H groups in total. The van der Waals surface area contributed by atoms with Gasteiger partial charge in [-0.2, -0.15) is 13.2 Å². The minimum absolute atomic E-state index is 0.0150. The lowest BCUT2D eigenvalue weighted by Crippen LogP contribution is -2.34. The fraction of sp³-hybridized carbons (Fsp3) is 0.476. The van der Waals surface area contributed by atoms with Crippen molar-refractivity contribution in [1.82, 2.24) is 24.8 Å². The normalized spacial score (nSPS) is 11.9. The number of ether oxygens (including phenoxy) is 2. The summed E-state index contributed by atoms with van der Waals surface area (Å²) in [5, 5.41) is 7.39. The predicted octanol–water partition coefficient (Wildman–Crippen LogP) is 2.44. The van der Waals surface area contributed by atoms with Gasteiger partial charge in [-0.1, -0.05) is 0 Å². The number of halogens is 3. The molecule has 0 radical (unpaired) electrons. The number of aryl methyl sites for hydroxylation is 1. The number of aromatic nitrogens is 5. The fourth-order valence-electron chi connectivity index (χ4n) is 3.10. The van der Waals surface area contributed by atoms with E-state index in [0.29, 0.717) is 43.2 Å². The maximum absolute atomic E-state index is 12.6. The minimum atomic E-state index is -5.15. The SMILES string of the molecule is CCn1c(-c2nonc2N)nc2c(C#CC(C)(C)OC(=O)C(F)(F)F)ncc(OCCCCN)c21. The number of hydrogen-bond donors (Lipinski definition) is 2. The van der Waals surface area contributed by atoms with Crippen molar-refractivity contribution in [3.05, 3.63) is 11.9 Å². The maximum Gasteiger partial charge on any atom is 0.490 e. The van der Waals surface area contributed by atoms with Gasteiger partial charge in [0.2, 0.25) is 0 Å². The van der Waals surface area contributed by atoms with Gasteiger partial charge in [0, 0.05) is 6.54 Å². The van der Waals surface area contributed by atoms with Gasteiger partial charge in [0.1, 0.15) is 16.7 Å². The summed E-state index contributed by atoms with van der Waals surface area (Å²) in [4.78, 5) is 20.1. The fourth-order valence-corrected chi connectivity index (χ4v) is 3.10. The van der Waals surface area contributed by atoms with Crippen LogP contribution < -0.4 is 16.2 Å². The first-order valence-electron chi connectivity index (χ1n) is 10.6. The number of nitrogens with two attached hydrogens (primary N) is 2. The van der Waals surface area contributed by atoms with Crippen LogP contribution in [0.4, 0.5) is 19.0 Å². The smallest absolute Gasteiger partial charge is 0.490 e. The van der Waals surface area contributed by atoms with Gasteiger partial charge in [-0.05, 0) is 62.3 Å². The Labute approximate surface area is 197 Å². The van der Waals surface area contributed by atoms with Crippen LogP contribution in [0.3, 0.4) is 0 Å². The number of nitrogen functional groups attached to an aromatic ring is 1. The molecule has 0 bridgehead atoms. The van der Waals surface area contributed by atoms with Crippen molar-refractivity contribution < 1.29 is 32.1 Å². The molecule has 3 rings (SSSR count). The second-order valence-corrected chi connectivity index (χ2v) is 7.84. The van der Waals surface area contributed by atoms with E-state index >= 15 is 0 Å². The molecule has 3 aromatic rings. The number of hydrogen-bond acceptors (Lipinski definition) is 10. The van der Waals surface area contributed by atoms with Crippen molar-refractivity contribution in [2.45, 2.75) is 51.9 Å². The van der Waals surface area contributed by atoms with Gasteiger partial charge in [-0.25, -0.2) is 19.4 Å². The van der Waals surface area contributed by atoms with Crippen LogP contribution >= 0.6 is 0 Å². The third-order valence-corrected chi connectivity index (χ3v) is 4.70. The summed E-state index contributed by atoms with van der Waals surface area (Å²) in [7, 11) is 0. The number of rotatable bonds is 8. The number of esters is 1. The van der Waals surface area contributed by atoms with Crippen LogP contribution in [0.5, 0.6) is 5.75 Å². The van der Waals surface area contributed by atoms with Gasteiger partial charge in [-0.15, -0.1) is 0 Å². The molecule has 0 saturated heterocycles. The van der Waals surface area contributed by atoms with E-state index in [1.54, 1.807) is 4.57 Å². The van der Waals surface area contributed by atoms with Crippen LogP contribution in [0.1, 0.15) is 39.3 Å². The van der Waals surface area contributed by atoms with Crippen LogP contribution in [0.25, 0.3) is 22.6 Å². The third-order valence-electron chi connectivity index (χ3n) is 4.70. The van der Waals surface area contributed by atoms with Crippen LogP contribution in [-0.4, -0.2) is 55.7 Å². The first kappa shape index (κ1) is 25.8. The average Bonchev–Trinajstić information content (AvgIpc) is 3.38. The molecule has 0 amide bonds. The summed E-state index contributed by atoms with van der Waals surface area (Å²) in [5.41, 5.74) is 10.7. The molecule has 0 atom stereocenters. The zero-order valence-electron chi connectivity index (χ0n) is 19.3. The molecule has 11 nitrogen and oxygen atoms in total. The summed E-state index contributed by atoms with van der Waals surface area (Å²) in [5.74, 6) is 3.57. The highest BCUT2D eigenvalue weighted by Crippen LogP contribution is 2.33. The number of carbonyl (C=O) groups excluding carboxylic acids is 1. The van der Waals surface area contributed by atoms with E-state index in [1.807, 2.05) is 6.92 Å². The van der Waals surface area contributed by atoms with Crippen molar-refractivity contribution in [1.29, 1.82) is 0 Å². The second-order valence-electron chi connectivity index (χ2n) is 7.84. The van der Waals surface area contributed by atoms with Gasteiger partial charge in [0.25, 0.3) is 0 Å². The molecular formula is C21H24F3N7O4. The molecule has 35 heavy (non-hydrogen) atoms. The Morgan fingerprint density at radius 1 is 1.26 bits per heavy atom. The number of carbonyl (C=O) groups is 1. The van der Waals surface area contributed by atoms with Crippen LogP contribution in [0, 0.1) is 11.8 Å². The molecule has 0 aliphatic rings. The molecule has 0 aliphatic carbocycles. The van der Waals surface area contributed by atoms with Crippen molar-refractivity contribution >= 4 is 22.8 Å². The number of fused-ring (bicyclic) bond motifs is 1. The molecule has 0 spiro atoms. The highest BCUT2D eigenvalue weighted by Gasteiger charge is 2.43. The zero-order valence-corrected chi connectivity index (χ0v) is 19.3. The predicted molar refractivity (Wildman–Crippen MR) is 118 cm³/mol. The Bertz CT molecular complexity index is 1270. The van der Waals surface area contributed by atoms with Gasteiger partial charge < -0.3 is 25.5 Å². The minimum Gasteiger partial charge on any atom is -0.490 e. The Morgan fingerprint density at radius 2 is 2.00 bits per heavy atom. The number of anilines is 1. The Morgan fingerprint density at radius 3 is 2.60 bits per heavy atom. The molecule has 3 heterocycles. The summed E-state index contributed by atoms with van der Waals surface area (Å²) in [6.45, 7) is 5.63. The summed E-state index contributed by atoms with van der Waals surface area (Å²) in [6, 6.07) is 0. The number of pyridine rings is 1. The monoisotopic (exact) mass is 495 g/mol. The van der Waals surface area contributed by atoms with E-state index in [1.165, 1.54) is 20.0 Å². The average molecular weight is 495 g/mol. The van der Waals surface area contributed by atoms with Crippen LogP contribution in [0.2, 0.25) is 0 Å². The highest BCUT2D eigenvalue weighted by molar-refractivity contribution is 5.89. The van der Waals surface area contributed by atoms with Gasteiger partial charge >= 0.3 is 12.1 Å². The van der Waals surface area contributed by atoms with Gasteiger partial charge in [0.15, 0.2) is 28.7 Å². The van der Waals surface area contributed by atoms with Crippen molar-refractivity contribution in [2.24, 2.45) is 5.73 Å². The number of alkyl halides is 3. The Kier molecular flexibility index (Phi) is 7.49. The van der Waals surface area contributed by atoms with Gasteiger partial charge in [-0.3, -0.25) is 0 Å². The first-order chi connectivity index (χ1) is 16.5. The molecule has 0 fully saturated rings. The number of imidazole rings is 1. The quantitative estimate of drug-likeness (QED) is 0.270. The lowest BCUT2D eigenvalue weighted by Gasteiger charge is -2.19. The third kappa shape index (κ3) is 5.80. The van der Waals surface area contributed by atoms with Crippen molar-refractivity contribution in [3.8, 4) is 29.1 Å². The second kappa shape index (κ2) is 10.2.